The molecule has 0 saturated carbocycles. The molecule has 0 aliphatic carbocycles. The number of nitrogens with two attached hydrogens (primary N) is 1. The van der Waals surface area contributed by atoms with Crippen LogP contribution in [0.15, 0.2) is 24.3 Å². The average molecular weight is 292 g/mol. The standard InChI is InChI=1S/C14H20N4O3/c1-2-16-13(19)12-9-21-8-7-18(12)14(20)17-11-5-3-10(15)4-6-11/h3-6,12H,2,7-9,15H2,1H3,(H,16,19)(H,17,20). The Hall–Kier alpha value is -2.28. The summed E-state index contributed by atoms with van der Waals surface area (Å²) in [5, 5.41) is 5.48. The number of carbonyl (C=O) groups excluding carboxylic acids is 2. The lowest BCUT2D eigenvalue weighted by molar-refractivity contribution is -0.130. The number of hydrogen-bond donors (Lipinski definition) is 3. The van der Waals surface area contributed by atoms with Crippen molar-refractivity contribution < 1.29 is 14.3 Å². The molecule has 1 atom stereocenters. The summed E-state index contributed by atoms with van der Waals surface area (Å²) in [4.78, 5) is 25.8. The summed E-state index contributed by atoms with van der Waals surface area (Å²) in [6.07, 6.45) is 0. The second-order valence-electron chi connectivity index (χ2n) is 4.73. The Bertz CT molecular complexity index is 503. The number of nitrogens with zero attached hydrogens (tertiary/aromatic N) is 1. The molecule has 1 aromatic carbocycles. The number of urea groups is 1. The Balaban J connectivity index is 2.04. The number of hydrogen-bond acceptors (Lipinski definition) is 4. The van der Waals surface area contributed by atoms with Crippen molar-refractivity contribution in [3.63, 3.8) is 0 Å². The molecule has 1 aromatic rings. The second kappa shape index (κ2) is 6.94. The summed E-state index contributed by atoms with van der Waals surface area (Å²) in [6, 6.07) is 5.92. The highest BCUT2D eigenvalue weighted by Crippen LogP contribution is 2.14. The van der Waals surface area contributed by atoms with Gasteiger partial charge in [0.2, 0.25) is 5.91 Å². The molecule has 1 unspecified atom stereocenters. The Morgan fingerprint density at radius 3 is 2.76 bits per heavy atom. The zero-order chi connectivity index (χ0) is 15.2. The monoisotopic (exact) mass is 292 g/mol. The molecule has 2 rings (SSSR count). The SMILES string of the molecule is CCNC(=O)C1COCCN1C(=O)Nc1ccc(N)cc1. The van der Waals surface area contributed by atoms with Crippen molar-refractivity contribution in [3.8, 4) is 0 Å². The van der Waals surface area contributed by atoms with Crippen molar-refractivity contribution >= 4 is 23.3 Å². The zero-order valence-electron chi connectivity index (χ0n) is 12.0. The molecule has 3 amide bonds. The van der Waals surface area contributed by atoms with Crippen molar-refractivity contribution in [2.45, 2.75) is 13.0 Å². The van der Waals surface area contributed by atoms with Crippen LogP contribution in [0.1, 0.15) is 6.92 Å². The van der Waals surface area contributed by atoms with E-state index in [0.29, 0.717) is 31.1 Å². The fourth-order valence-electron chi connectivity index (χ4n) is 2.12. The highest BCUT2D eigenvalue weighted by Gasteiger charge is 2.32. The normalized spacial score (nSPS) is 18.1. The molecule has 4 N–H and O–H groups in total. The molecular weight excluding hydrogens is 272 g/mol. The number of amides is 3. The van der Waals surface area contributed by atoms with Gasteiger partial charge in [-0.3, -0.25) is 4.79 Å². The summed E-state index contributed by atoms with van der Waals surface area (Å²) in [5.74, 6) is -0.204. The Morgan fingerprint density at radius 2 is 2.10 bits per heavy atom. The van der Waals surface area contributed by atoms with Gasteiger partial charge in [-0.25, -0.2) is 4.79 Å². The van der Waals surface area contributed by atoms with Crippen LogP contribution in [0.5, 0.6) is 0 Å². The van der Waals surface area contributed by atoms with E-state index in [-0.39, 0.29) is 18.5 Å². The van der Waals surface area contributed by atoms with Crippen molar-refractivity contribution in [2.24, 2.45) is 0 Å². The number of anilines is 2. The first-order chi connectivity index (χ1) is 10.1. The topological polar surface area (TPSA) is 96.7 Å². The second-order valence-corrected chi connectivity index (χ2v) is 4.73. The maximum atomic E-state index is 12.3. The van der Waals surface area contributed by atoms with E-state index >= 15 is 0 Å². The third kappa shape index (κ3) is 3.85. The van der Waals surface area contributed by atoms with Gasteiger partial charge in [-0.2, -0.15) is 0 Å². The van der Waals surface area contributed by atoms with Crippen LogP contribution in [0.2, 0.25) is 0 Å². The van der Waals surface area contributed by atoms with E-state index in [9.17, 15) is 9.59 Å². The fraction of sp³-hybridized carbons (Fsp3) is 0.429. The van der Waals surface area contributed by atoms with Gasteiger partial charge < -0.3 is 26.0 Å². The molecule has 0 aromatic heterocycles. The van der Waals surface area contributed by atoms with Gasteiger partial charge in [-0.1, -0.05) is 0 Å². The summed E-state index contributed by atoms with van der Waals surface area (Å²) in [7, 11) is 0. The highest BCUT2D eigenvalue weighted by atomic mass is 16.5. The molecule has 1 heterocycles. The van der Waals surface area contributed by atoms with Gasteiger partial charge in [0.1, 0.15) is 6.04 Å². The van der Waals surface area contributed by atoms with Gasteiger partial charge in [0.25, 0.3) is 0 Å². The summed E-state index contributed by atoms with van der Waals surface area (Å²) >= 11 is 0. The maximum Gasteiger partial charge on any atom is 0.322 e. The molecule has 0 spiro atoms. The van der Waals surface area contributed by atoms with Gasteiger partial charge in [0.05, 0.1) is 13.2 Å². The molecule has 1 aliphatic rings. The van der Waals surface area contributed by atoms with E-state index in [1.165, 1.54) is 4.90 Å². The first kappa shape index (κ1) is 15.1. The molecule has 0 bridgehead atoms. The van der Waals surface area contributed by atoms with E-state index in [4.69, 9.17) is 10.5 Å². The minimum absolute atomic E-state index is 0.204. The van der Waals surface area contributed by atoms with E-state index < -0.39 is 6.04 Å². The van der Waals surface area contributed by atoms with Gasteiger partial charge >= 0.3 is 6.03 Å². The molecule has 1 saturated heterocycles. The summed E-state index contributed by atoms with van der Waals surface area (Å²) in [5.41, 5.74) is 6.86. The molecule has 7 heteroatoms. The smallest absolute Gasteiger partial charge is 0.322 e. The average Bonchev–Trinajstić information content (AvgIpc) is 2.50. The van der Waals surface area contributed by atoms with Crippen molar-refractivity contribution in [1.29, 1.82) is 0 Å². The van der Waals surface area contributed by atoms with E-state index in [1.807, 2.05) is 6.92 Å². The number of nitrogens with one attached hydrogen (secondary N) is 2. The number of morpholine rings is 1. The van der Waals surface area contributed by atoms with Crippen LogP contribution >= 0.6 is 0 Å². The molecule has 114 valence electrons. The molecular formula is C14H20N4O3. The minimum atomic E-state index is -0.604. The van der Waals surface area contributed by atoms with Crippen LogP contribution in [0.3, 0.4) is 0 Å². The highest BCUT2D eigenvalue weighted by molar-refractivity contribution is 5.94. The first-order valence-corrected chi connectivity index (χ1v) is 6.90. The predicted molar refractivity (Wildman–Crippen MR) is 79.9 cm³/mol. The maximum absolute atomic E-state index is 12.3. The van der Waals surface area contributed by atoms with Crippen LogP contribution in [0.25, 0.3) is 0 Å². The summed E-state index contributed by atoms with van der Waals surface area (Å²) < 4.78 is 5.30. The number of rotatable bonds is 3. The molecule has 1 aliphatic heterocycles. The van der Waals surface area contributed by atoms with Crippen molar-refractivity contribution in [3.05, 3.63) is 24.3 Å². The number of benzene rings is 1. The van der Waals surface area contributed by atoms with Crippen LogP contribution < -0.4 is 16.4 Å². The lowest BCUT2D eigenvalue weighted by Crippen LogP contribution is -2.56. The Kier molecular flexibility index (Phi) is 4.99. The van der Waals surface area contributed by atoms with Gasteiger partial charge in [0.15, 0.2) is 0 Å². The van der Waals surface area contributed by atoms with Crippen molar-refractivity contribution in [1.82, 2.24) is 10.2 Å². The Labute approximate surface area is 123 Å². The molecule has 1 fully saturated rings. The lowest BCUT2D eigenvalue weighted by Gasteiger charge is -2.34. The van der Waals surface area contributed by atoms with Gasteiger partial charge in [0, 0.05) is 24.5 Å². The van der Waals surface area contributed by atoms with E-state index in [1.54, 1.807) is 24.3 Å². The lowest BCUT2D eigenvalue weighted by atomic mass is 10.2. The number of nitrogen functional groups attached to an aromatic ring is 1. The first-order valence-electron chi connectivity index (χ1n) is 6.90. The minimum Gasteiger partial charge on any atom is -0.399 e. The van der Waals surface area contributed by atoms with Gasteiger partial charge in [-0.15, -0.1) is 0 Å². The van der Waals surface area contributed by atoms with Crippen LogP contribution in [0.4, 0.5) is 16.2 Å². The molecule has 7 nitrogen and oxygen atoms in total. The number of likely N-dealkylation sites (N-methyl/N-ethyl adjacent to an activating group) is 1. The van der Waals surface area contributed by atoms with E-state index in [2.05, 4.69) is 10.6 Å². The van der Waals surface area contributed by atoms with Gasteiger partial charge in [-0.05, 0) is 31.2 Å². The third-order valence-electron chi connectivity index (χ3n) is 3.20. The molecule has 21 heavy (non-hydrogen) atoms. The zero-order valence-corrected chi connectivity index (χ0v) is 12.0. The molecule has 0 radical (unpaired) electrons. The number of carbonyl (C=O) groups is 2. The number of ether oxygens (including phenoxy) is 1. The fourth-order valence-corrected chi connectivity index (χ4v) is 2.12. The summed E-state index contributed by atoms with van der Waals surface area (Å²) in [6.45, 7) is 3.36. The largest absolute Gasteiger partial charge is 0.399 e. The van der Waals surface area contributed by atoms with Crippen LogP contribution in [-0.4, -0.2) is 49.2 Å². The van der Waals surface area contributed by atoms with Crippen LogP contribution in [0, 0.1) is 0 Å². The van der Waals surface area contributed by atoms with Crippen molar-refractivity contribution in [2.75, 3.05) is 37.4 Å². The van der Waals surface area contributed by atoms with E-state index in [0.717, 1.165) is 0 Å². The third-order valence-corrected chi connectivity index (χ3v) is 3.20. The Morgan fingerprint density at radius 1 is 1.38 bits per heavy atom. The van der Waals surface area contributed by atoms with Crippen LogP contribution in [-0.2, 0) is 9.53 Å². The predicted octanol–water partition coefficient (Wildman–Crippen LogP) is 0.638. The quantitative estimate of drug-likeness (QED) is 0.712.